The number of rotatable bonds is 4. The molecule has 1 N–H and O–H groups in total. The Bertz CT molecular complexity index is 585. The van der Waals surface area contributed by atoms with Gasteiger partial charge in [-0.1, -0.05) is 13.8 Å². The molecular weight excluding hydrogens is 340 g/mol. The number of imide groups is 1. The summed E-state index contributed by atoms with van der Waals surface area (Å²) in [5, 5.41) is 2.40. The van der Waals surface area contributed by atoms with Gasteiger partial charge in [0.15, 0.2) is 0 Å². The predicted octanol–water partition coefficient (Wildman–Crippen LogP) is 2.00. The summed E-state index contributed by atoms with van der Waals surface area (Å²) in [6, 6.07) is -2.10. The van der Waals surface area contributed by atoms with E-state index in [1.807, 2.05) is 0 Å². The SMILES string of the molecule is CC(C)[C@H](C(=O)OC(C)(C)C)N1C(=O)CC(NC(=O)OC(C)(C)C)C1=O. The number of nitrogens with zero attached hydrogens (tertiary/aromatic N) is 1. The monoisotopic (exact) mass is 370 g/mol. The summed E-state index contributed by atoms with van der Waals surface area (Å²) in [5.41, 5.74) is -1.48. The third kappa shape index (κ3) is 6.00. The molecule has 2 atom stereocenters. The molecule has 26 heavy (non-hydrogen) atoms. The van der Waals surface area contributed by atoms with Gasteiger partial charge in [-0.25, -0.2) is 9.59 Å². The van der Waals surface area contributed by atoms with Crippen molar-refractivity contribution in [3.05, 3.63) is 0 Å². The second-order valence-corrected chi connectivity index (χ2v) is 8.73. The standard InChI is InChI=1S/C18H30N2O6/c1-10(2)13(15(23)25-17(3,4)5)20-12(21)9-11(14(20)22)19-16(24)26-18(6,7)8/h10-11,13H,9H2,1-8H3,(H,19,24)/t11?,13-/m1/s1. The van der Waals surface area contributed by atoms with Gasteiger partial charge in [-0.15, -0.1) is 0 Å². The predicted molar refractivity (Wildman–Crippen MR) is 94.1 cm³/mol. The Morgan fingerprint density at radius 2 is 1.54 bits per heavy atom. The molecule has 1 saturated heterocycles. The maximum Gasteiger partial charge on any atom is 0.408 e. The molecule has 1 fully saturated rings. The van der Waals surface area contributed by atoms with E-state index >= 15 is 0 Å². The first-order chi connectivity index (χ1) is 11.6. The molecular formula is C18H30N2O6. The first-order valence-electron chi connectivity index (χ1n) is 8.70. The van der Waals surface area contributed by atoms with Gasteiger partial charge in [-0.05, 0) is 47.5 Å². The van der Waals surface area contributed by atoms with Crippen LogP contribution >= 0.6 is 0 Å². The second kappa shape index (κ2) is 7.63. The first kappa shape index (κ1) is 21.9. The number of hydrogen-bond donors (Lipinski definition) is 1. The van der Waals surface area contributed by atoms with Crippen molar-refractivity contribution in [2.24, 2.45) is 5.92 Å². The number of alkyl carbamates (subject to hydrolysis) is 1. The van der Waals surface area contributed by atoms with Crippen molar-refractivity contribution in [2.75, 3.05) is 0 Å². The molecule has 8 nitrogen and oxygen atoms in total. The number of likely N-dealkylation sites (tertiary alicyclic amines) is 1. The minimum atomic E-state index is -1.05. The molecule has 0 aromatic carbocycles. The number of ether oxygens (including phenoxy) is 2. The van der Waals surface area contributed by atoms with Gasteiger partial charge in [0.25, 0.3) is 5.91 Å². The van der Waals surface area contributed by atoms with Crippen LogP contribution in [0.25, 0.3) is 0 Å². The third-order valence-electron chi connectivity index (χ3n) is 3.43. The summed E-state index contributed by atoms with van der Waals surface area (Å²) < 4.78 is 10.5. The van der Waals surface area contributed by atoms with Crippen LogP contribution < -0.4 is 5.32 Å². The van der Waals surface area contributed by atoms with Gasteiger partial charge in [0.2, 0.25) is 5.91 Å². The van der Waals surface area contributed by atoms with Crippen LogP contribution in [0.2, 0.25) is 0 Å². The van der Waals surface area contributed by atoms with Gasteiger partial charge in [-0.3, -0.25) is 14.5 Å². The summed E-state index contributed by atoms with van der Waals surface area (Å²) in [6.07, 6.45) is -1.01. The molecule has 0 spiro atoms. The molecule has 1 rings (SSSR count). The number of nitrogens with one attached hydrogen (secondary N) is 1. The van der Waals surface area contributed by atoms with Gasteiger partial charge < -0.3 is 14.8 Å². The molecule has 1 aliphatic rings. The molecule has 0 radical (unpaired) electrons. The van der Waals surface area contributed by atoms with E-state index in [1.165, 1.54) is 0 Å². The molecule has 1 heterocycles. The van der Waals surface area contributed by atoms with Crippen molar-refractivity contribution in [1.29, 1.82) is 0 Å². The number of esters is 1. The lowest BCUT2D eigenvalue weighted by Gasteiger charge is -2.31. The molecule has 1 unspecified atom stereocenters. The van der Waals surface area contributed by atoms with Crippen LogP contribution in [0.5, 0.6) is 0 Å². The fraction of sp³-hybridized carbons (Fsp3) is 0.778. The van der Waals surface area contributed by atoms with Gasteiger partial charge >= 0.3 is 12.1 Å². The molecule has 0 aliphatic carbocycles. The molecule has 0 saturated carbocycles. The summed E-state index contributed by atoms with van der Waals surface area (Å²) in [4.78, 5) is 50.4. The van der Waals surface area contributed by atoms with E-state index in [9.17, 15) is 19.2 Å². The van der Waals surface area contributed by atoms with E-state index in [-0.39, 0.29) is 12.3 Å². The fourth-order valence-electron chi connectivity index (χ4n) is 2.54. The highest BCUT2D eigenvalue weighted by Gasteiger charge is 2.47. The molecule has 3 amide bonds. The van der Waals surface area contributed by atoms with Crippen LogP contribution in [0.15, 0.2) is 0 Å². The summed E-state index contributed by atoms with van der Waals surface area (Å²) in [5.74, 6) is -2.14. The van der Waals surface area contributed by atoms with Crippen LogP contribution in [0, 0.1) is 5.92 Å². The molecule has 1 aliphatic heterocycles. The number of carbonyl (C=O) groups excluding carboxylic acids is 4. The molecule has 0 aromatic heterocycles. The zero-order valence-electron chi connectivity index (χ0n) is 16.8. The Kier molecular flexibility index (Phi) is 6.44. The quantitative estimate of drug-likeness (QED) is 0.600. The third-order valence-corrected chi connectivity index (χ3v) is 3.43. The van der Waals surface area contributed by atoms with Crippen LogP contribution in [-0.4, -0.2) is 52.1 Å². The van der Waals surface area contributed by atoms with E-state index in [0.717, 1.165) is 4.90 Å². The average Bonchev–Trinajstić information content (AvgIpc) is 2.61. The zero-order valence-corrected chi connectivity index (χ0v) is 16.8. The van der Waals surface area contributed by atoms with Crippen molar-refractivity contribution < 1.29 is 28.7 Å². The molecule has 0 aromatic rings. The number of hydrogen-bond acceptors (Lipinski definition) is 6. The lowest BCUT2D eigenvalue weighted by Crippen LogP contribution is -2.52. The van der Waals surface area contributed by atoms with Gasteiger partial charge in [0, 0.05) is 0 Å². The smallest absolute Gasteiger partial charge is 0.408 e. The van der Waals surface area contributed by atoms with Crippen molar-refractivity contribution in [2.45, 2.75) is 85.1 Å². The van der Waals surface area contributed by atoms with Gasteiger partial charge in [0.05, 0.1) is 6.42 Å². The Labute approximate surface area is 154 Å². The van der Waals surface area contributed by atoms with E-state index in [4.69, 9.17) is 9.47 Å². The van der Waals surface area contributed by atoms with Crippen LogP contribution in [0.3, 0.4) is 0 Å². The second-order valence-electron chi connectivity index (χ2n) is 8.73. The van der Waals surface area contributed by atoms with Crippen molar-refractivity contribution in [3.63, 3.8) is 0 Å². The van der Waals surface area contributed by atoms with Crippen LogP contribution in [0.1, 0.15) is 61.8 Å². The normalized spacial score (nSPS) is 19.6. The van der Waals surface area contributed by atoms with Crippen molar-refractivity contribution >= 4 is 23.9 Å². The minimum Gasteiger partial charge on any atom is -0.458 e. The summed E-state index contributed by atoms with van der Waals surface area (Å²) in [7, 11) is 0. The Morgan fingerprint density at radius 3 is 1.96 bits per heavy atom. The number of amides is 3. The van der Waals surface area contributed by atoms with Crippen LogP contribution in [0.4, 0.5) is 4.79 Å². The van der Waals surface area contributed by atoms with E-state index < -0.39 is 47.2 Å². The Balaban J connectivity index is 2.94. The lowest BCUT2D eigenvalue weighted by atomic mass is 10.0. The molecule has 8 heteroatoms. The average molecular weight is 370 g/mol. The lowest BCUT2D eigenvalue weighted by molar-refractivity contribution is -0.168. The summed E-state index contributed by atoms with van der Waals surface area (Å²) >= 11 is 0. The van der Waals surface area contributed by atoms with Gasteiger partial charge in [-0.2, -0.15) is 0 Å². The molecule has 148 valence electrons. The highest BCUT2D eigenvalue weighted by atomic mass is 16.6. The minimum absolute atomic E-state index is 0.218. The van der Waals surface area contributed by atoms with Gasteiger partial charge in [0.1, 0.15) is 23.3 Å². The highest BCUT2D eigenvalue weighted by molar-refractivity contribution is 6.09. The zero-order chi connectivity index (χ0) is 20.4. The molecule has 0 bridgehead atoms. The van der Waals surface area contributed by atoms with E-state index in [2.05, 4.69) is 5.32 Å². The first-order valence-corrected chi connectivity index (χ1v) is 8.70. The number of carbonyl (C=O) groups is 4. The van der Waals surface area contributed by atoms with Crippen molar-refractivity contribution in [1.82, 2.24) is 10.2 Å². The van der Waals surface area contributed by atoms with Crippen LogP contribution in [-0.2, 0) is 23.9 Å². The highest BCUT2D eigenvalue weighted by Crippen LogP contribution is 2.24. The maximum absolute atomic E-state index is 12.7. The maximum atomic E-state index is 12.7. The topological polar surface area (TPSA) is 102 Å². The Hall–Kier alpha value is -2.12. The largest absolute Gasteiger partial charge is 0.458 e. The van der Waals surface area contributed by atoms with Crippen molar-refractivity contribution in [3.8, 4) is 0 Å². The Morgan fingerprint density at radius 1 is 1.04 bits per heavy atom. The summed E-state index contributed by atoms with van der Waals surface area (Å²) in [6.45, 7) is 13.7. The van der Waals surface area contributed by atoms with E-state index in [1.54, 1.807) is 55.4 Å². The fourth-order valence-corrected chi connectivity index (χ4v) is 2.54. The van der Waals surface area contributed by atoms with E-state index in [0.29, 0.717) is 0 Å².